The van der Waals surface area contributed by atoms with E-state index in [2.05, 4.69) is 105 Å². The van der Waals surface area contributed by atoms with Crippen molar-refractivity contribution in [3.05, 3.63) is 144 Å². The molecule has 37 heteroatoms. The van der Waals surface area contributed by atoms with Crippen LogP contribution in [0, 0.1) is 47.3 Å². The van der Waals surface area contributed by atoms with Crippen LogP contribution in [0.3, 0.4) is 0 Å². The molecule has 37 nitrogen and oxygen atoms in total. The van der Waals surface area contributed by atoms with Crippen LogP contribution in [0.2, 0.25) is 0 Å². The lowest BCUT2D eigenvalue weighted by Crippen LogP contribution is -2.62. The summed E-state index contributed by atoms with van der Waals surface area (Å²) >= 11 is 0. The zero-order valence-corrected chi connectivity index (χ0v) is 81.1. The summed E-state index contributed by atoms with van der Waals surface area (Å²) in [7, 11) is 0. The largest absolute Gasteiger partial charge is 0.395 e. The fourth-order valence-corrected chi connectivity index (χ4v) is 16.3. The molecule has 0 unspecified atom stereocenters. The van der Waals surface area contributed by atoms with Crippen LogP contribution in [-0.4, -0.2) is 224 Å². The summed E-state index contributed by atoms with van der Waals surface area (Å²) in [5.41, 5.74) is 5.50. The van der Waals surface area contributed by atoms with Crippen molar-refractivity contribution in [1.29, 1.82) is 0 Å². The number of aliphatic hydroxyl groups is 1. The van der Waals surface area contributed by atoms with Gasteiger partial charge in [0.05, 0.1) is 13.2 Å². The Labute approximate surface area is 793 Å². The van der Waals surface area contributed by atoms with Gasteiger partial charge >= 0.3 is 0 Å². The molecule has 0 saturated carbocycles. The average Bonchev–Trinajstić information content (AvgIpc) is 1.67. The van der Waals surface area contributed by atoms with Crippen LogP contribution in [0.25, 0.3) is 43.6 Å². The monoisotopic (exact) mass is 1880 g/mol. The second-order valence-corrected chi connectivity index (χ2v) is 38.2. The first kappa shape index (κ1) is 108. The number of aromatic nitrogens is 4. The van der Waals surface area contributed by atoms with Crippen molar-refractivity contribution in [1.82, 2.24) is 105 Å². The van der Waals surface area contributed by atoms with E-state index < -0.39 is 197 Å². The first-order chi connectivity index (χ1) is 64.4. The highest BCUT2D eigenvalue weighted by molar-refractivity contribution is 6.02. The molecule has 8 aromatic rings. The number of para-hydroxylation sites is 4. The van der Waals surface area contributed by atoms with Crippen LogP contribution >= 0.6 is 0 Å². The number of H-pyrrole nitrogens is 4. The van der Waals surface area contributed by atoms with E-state index >= 15 is 33.6 Å². The van der Waals surface area contributed by atoms with Crippen LogP contribution < -0.4 is 85.1 Å². The summed E-state index contributed by atoms with van der Waals surface area (Å²) < 4.78 is 0. The molecule has 21 N–H and O–H groups in total. The van der Waals surface area contributed by atoms with Gasteiger partial charge in [-0.3, -0.25) is 76.7 Å². The predicted molar refractivity (Wildman–Crippen MR) is 518 cm³/mol. The standard InChI is InChI=1S/C99H140N20O17/c1-51(2)37-73(109-86(123)59(17)107-81(122)49-105-96(133)82(55(9)10)106-50-121)89(126)108-60(18)87(124)117-83(56(11)12)97(134)115-76(40-54(7)8)92(129)113-78(42-62-46-102-70-32-24-20-28-66(62)70)93(130)110-75(39-53(5)6)91(128)114-80(44-64-48-104-72-34-26-22-30-68(64)72)95(132)118-85(58(15)16)99(136)119-84(57(13)14)98(135)116-79(43-63-47-103-71-33-25-21-29-67(63)71)94(131)111-74(38-52(3)4)90(127)112-77(88(125)100-35-36-120)41-61-45-101-69-31-23-19-27-65(61)69/h19-34,45-48,50-60,73-80,82-85,101-104,120H,35-44,49H2,1-18H3,(H,100,125)(H,105,133)(H,106,121)(H,107,122)(H,108,126)(H,109,123)(H,110,130)(H,111,131)(H,112,127)(H,113,129)(H,114,128)(H,115,134)(H,116,135)(H,117,124)(H,118,132)(H,119,136)/t59-,60-,73+,74+,75+,76+,77-,78-,79-,80-,82-,83+,84-,85+/m0/s1. The quantitative estimate of drug-likeness (QED) is 0.0235. The smallest absolute Gasteiger partial charge is 0.243 e. The molecule has 8 rings (SSSR count). The Morgan fingerprint density at radius 3 is 0.853 bits per heavy atom. The molecule has 4 heterocycles. The Balaban J connectivity index is 1.00. The predicted octanol–water partition coefficient (Wildman–Crippen LogP) is 4.37. The van der Waals surface area contributed by atoms with E-state index in [1.54, 1.807) is 106 Å². The summed E-state index contributed by atoms with van der Waals surface area (Å²) in [6.07, 6.45) is 7.01. The maximum Gasteiger partial charge on any atom is 0.243 e. The van der Waals surface area contributed by atoms with E-state index in [0.717, 1.165) is 27.4 Å². The number of aromatic amines is 4. The first-order valence-electron chi connectivity index (χ1n) is 47.0. The van der Waals surface area contributed by atoms with Gasteiger partial charge in [0.25, 0.3) is 0 Å². The van der Waals surface area contributed by atoms with Gasteiger partial charge in [0.2, 0.25) is 95.0 Å². The number of carbonyl (C=O) groups excluding carboxylic acids is 16. The Morgan fingerprint density at radius 2 is 0.529 bits per heavy atom. The number of hydrogen-bond acceptors (Lipinski definition) is 17. The molecule has 0 fully saturated rings. The molecule has 738 valence electrons. The highest BCUT2D eigenvalue weighted by atomic mass is 16.3. The van der Waals surface area contributed by atoms with Gasteiger partial charge in [-0.25, -0.2) is 0 Å². The summed E-state index contributed by atoms with van der Waals surface area (Å²) in [6, 6.07) is 11.1. The van der Waals surface area contributed by atoms with Gasteiger partial charge in [-0.2, -0.15) is 0 Å². The first-order valence-corrected chi connectivity index (χ1v) is 47.0. The van der Waals surface area contributed by atoms with Crippen LogP contribution in [0.1, 0.15) is 173 Å². The summed E-state index contributed by atoms with van der Waals surface area (Å²) in [6.45, 7) is 29.8. The van der Waals surface area contributed by atoms with Gasteiger partial charge in [0.1, 0.15) is 84.6 Å². The molecule has 0 aliphatic rings. The van der Waals surface area contributed by atoms with E-state index in [1.165, 1.54) is 13.8 Å². The van der Waals surface area contributed by atoms with Gasteiger partial charge < -0.3 is 110 Å². The van der Waals surface area contributed by atoms with Crippen LogP contribution in [-0.2, 0) is 102 Å². The van der Waals surface area contributed by atoms with E-state index in [-0.39, 0.29) is 94.1 Å². The molecule has 0 bridgehead atoms. The highest BCUT2D eigenvalue weighted by Gasteiger charge is 2.41. The Bertz CT molecular complexity index is 5470. The Kier molecular flexibility index (Phi) is 40.7. The fourth-order valence-electron chi connectivity index (χ4n) is 16.3. The molecule has 0 spiro atoms. The molecular formula is C99H140N20O17. The second kappa shape index (κ2) is 51.3. The minimum Gasteiger partial charge on any atom is -0.395 e. The van der Waals surface area contributed by atoms with Crippen molar-refractivity contribution < 1.29 is 81.8 Å². The molecule has 4 aromatic heterocycles. The molecular weight excluding hydrogens is 1740 g/mol. The minimum absolute atomic E-state index is 0.0127. The Morgan fingerprint density at radius 1 is 0.279 bits per heavy atom. The van der Waals surface area contributed by atoms with E-state index in [0.29, 0.717) is 44.9 Å². The van der Waals surface area contributed by atoms with Crippen LogP contribution in [0.4, 0.5) is 0 Å². The van der Waals surface area contributed by atoms with E-state index in [9.17, 15) is 48.3 Å². The average molecular weight is 1880 g/mol. The third-order valence-electron chi connectivity index (χ3n) is 23.6. The Hall–Kier alpha value is -13.5. The van der Waals surface area contributed by atoms with Crippen molar-refractivity contribution in [3.63, 3.8) is 0 Å². The number of fused-ring (bicyclic) bond motifs is 4. The normalized spacial score (nSPS) is 14.8. The SMILES string of the molecule is CC(C)C[C@@H](NC(=O)[C@H](C)NC(=O)CNC(=O)[C@@H](NC=O)C(C)C)C(=O)N[C@@H](C)C(=O)N[C@@H](C(=O)N[C@H](CC(C)C)C(=O)N[C@@H](Cc1c[nH]c2ccccc12)C(=O)N[C@H](CC(C)C)C(=O)N[C@@H](Cc1c[nH]c2ccccc12)C(=O)N[C@@H](C(=O)N[C@H](C(=O)N[C@@H](Cc1c[nH]c2ccccc12)C(=O)N[C@H](CC(C)C)C(=O)N[C@@H](Cc1c[nH]c2ccccc12)C(=O)NCCO)C(C)C)C(C)C)C(C)C. The number of nitrogens with one attached hydrogen (secondary N) is 20. The van der Waals surface area contributed by atoms with Gasteiger partial charge in [0, 0.05) is 101 Å². The number of aliphatic hydroxyl groups excluding tert-OH is 1. The number of benzene rings is 4. The third-order valence-corrected chi connectivity index (χ3v) is 23.6. The lowest BCUT2D eigenvalue weighted by Gasteiger charge is -2.30. The molecule has 4 aromatic carbocycles. The zero-order valence-electron chi connectivity index (χ0n) is 81.1. The van der Waals surface area contributed by atoms with E-state index in [4.69, 9.17) is 0 Å². The molecule has 16 amide bonds. The number of hydrogen-bond donors (Lipinski definition) is 21. The van der Waals surface area contributed by atoms with Crippen molar-refractivity contribution in [3.8, 4) is 0 Å². The minimum atomic E-state index is -1.48. The maximum absolute atomic E-state index is 15.5. The van der Waals surface area contributed by atoms with Crippen LogP contribution in [0.5, 0.6) is 0 Å². The zero-order chi connectivity index (χ0) is 100. The van der Waals surface area contributed by atoms with Gasteiger partial charge in [-0.1, -0.05) is 184 Å². The number of rotatable bonds is 53. The second-order valence-electron chi connectivity index (χ2n) is 38.2. The maximum atomic E-state index is 15.5. The van der Waals surface area contributed by atoms with Crippen molar-refractivity contribution in [2.24, 2.45) is 47.3 Å². The third kappa shape index (κ3) is 31.3. The molecule has 0 radical (unpaired) electrons. The van der Waals surface area contributed by atoms with Gasteiger partial charge in [0.15, 0.2) is 0 Å². The van der Waals surface area contributed by atoms with Crippen molar-refractivity contribution >= 4 is 139 Å². The molecule has 136 heavy (non-hydrogen) atoms. The molecule has 14 atom stereocenters. The van der Waals surface area contributed by atoms with Crippen molar-refractivity contribution in [2.75, 3.05) is 19.7 Å². The summed E-state index contributed by atoms with van der Waals surface area (Å²) in [4.78, 5) is 241. The van der Waals surface area contributed by atoms with E-state index in [1.807, 2.05) is 126 Å². The molecule has 0 aliphatic carbocycles. The number of carbonyl (C=O) groups is 16. The lowest BCUT2D eigenvalue weighted by molar-refractivity contribution is -0.137. The fraction of sp³-hybridized carbons (Fsp3) is 0.515. The molecule has 0 saturated heterocycles. The van der Waals surface area contributed by atoms with Crippen LogP contribution in [0.15, 0.2) is 122 Å². The van der Waals surface area contributed by atoms with Gasteiger partial charge in [-0.05, 0) is 133 Å². The lowest BCUT2D eigenvalue weighted by atomic mass is 9.97. The summed E-state index contributed by atoms with van der Waals surface area (Å²) in [5.74, 6) is -14.6. The topological polar surface area (TPSA) is 549 Å². The van der Waals surface area contributed by atoms with Crippen molar-refractivity contribution in [2.45, 2.75) is 261 Å². The number of amides is 16. The molecule has 0 aliphatic heterocycles. The van der Waals surface area contributed by atoms with Gasteiger partial charge in [-0.15, -0.1) is 0 Å². The highest BCUT2D eigenvalue weighted by Crippen LogP contribution is 2.26. The summed E-state index contributed by atoms with van der Waals surface area (Å²) in [5, 5.41) is 56.5.